The molecule has 1 aromatic rings. The molecule has 2 amide bonds. The first-order chi connectivity index (χ1) is 8.16. The highest BCUT2D eigenvalue weighted by atomic mass is 16.3. The highest BCUT2D eigenvalue weighted by molar-refractivity contribution is 6.21. The number of imide groups is 1. The van der Waals surface area contributed by atoms with E-state index in [4.69, 9.17) is 5.11 Å². The van der Waals surface area contributed by atoms with Gasteiger partial charge in [0, 0.05) is 12.6 Å². The van der Waals surface area contributed by atoms with E-state index in [-0.39, 0.29) is 24.5 Å². The molecule has 1 heterocycles. The highest BCUT2D eigenvalue weighted by Gasteiger charge is 2.37. The second-order valence-electron chi connectivity index (χ2n) is 4.24. The van der Waals surface area contributed by atoms with Gasteiger partial charge in [-0.25, -0.2) is 0 Å². The van der Waals surface area contributed by atoms with Crippen LogP contribution in [0.3, 0.4) is 0 Å². The van der Waals surface area contributed by atoms with Crippen LogP contribution in [0.25, 0.3) is 0 Å². The number of carbonyl (C=O) groups is 2. The van der Waals surface area contributed by atoms with Gasteiger partial charge in [-0.2, -0.15) is 0 Å². The van der Waals surface area contributed by atoms with E-state index in [2.05, 4.69) is 0 Å². The van der Waals surface area contributed by atoms with Crippen molar-refractivity contribution in [2.24, 2.45) is 0 Å². The van der Waals surface area contributed by atoms with Gasteiger partial charge in [0.15, 0.2) is 0 Å². The van der Waals surface area contributed by atoms with Crippen LogP contribution in [0.1, 0.15) is 40.5 Å². The van der Waals surface area contributed by atoms with Crippen LogP contribution in [-0.4, -0.2) is 34.5 Å². The Labute approximate surface area is 99.9 Å². The summed E-state index contributed by atoms with van der Waals surface area (Å²) in [5.74, 6) is -0.452. The maximum atomic E-state index is 12.1. The Hall–Kier alpha value is -1.68. The number of aliphatic hydroxyl groups is 1. The first-order valence-corrected chi connectivity index (χ1v) is 5.74. The van der Waals surface area contributed by atoms with Gasteiger partial charge in [0.05, 0.1) is 11.1 Å². The van der Waals surface area contributed by atoms with E-state index >= 15 is 0 Å². The van der Waals surface area contributed by atoms with Crippen molar-refractivity contribution >= 4 is 11.8 Å². The number of rotatable bonds is 4. The van der Waals surface area contributed by atoms with E-state index in [0.717, 1.165) is 0 Å². The summed E-state index contributed by atoms with van der Waals surface area (Å²) in [6, 6.07) is 6.69. The predicted octanol–water partition coefficient (Wildman–Crippen LogP) is 1.44. The van der Waals surface area contributed by atoms with Crippen LogP contribution in [0.5, 0.6) is 0 Å². The first kappa shape index (κ1) is 11.8. The molecular formula is C13H15NO3. The predicted molar refractivity (Wildman–Crippen MR) is 62.7 cm³/mol. The van der Waals surface area contributed by atoms with Gasteiger partial charge in [-0.1, -0.05) is 12.1 Å². The van der Waals surface area contributed by atoms with Gasteiger partial charge in [0.1, 0.15) is 0 Å². The van der Waals surface area contributed by atoms with Crippen molar-refractivity contribution in [2.45, 2.75) is 25.8 Å². The molecule has 1 aromatic carbocycles. The quantitative estimate of drug-likeness (QED) is 0.801. The molecule has 4 heteroatoms. The van der Waals surface area contributed by atoms with Crippen molar-refractivity contribution in [3.05, 3.63) is 35.4 Å². The topological polar surface area (TPSA) is 57.6 Å². The number of benzene rings is 1. The van der Waals surface area contributed by atoms with Gasteiger partial charge >= 0.3 is 0 Å². The number of fused-ring (bicyclic) bond motifs is 1. The van der Waals surface area contributed by atoms with Crippen molar-refractivity contribution in [1.82, 2.24) is 4.90 Å². The molecule has 0 radical (unpaired) electrons. The van der Waals surface area contributed by atoms with E-state index in [1.54, 1.807) is 24.3 Å². The molecule has 0 saturated heterocycles. The fourth-order valence-corrected chi connectivity index (χ4v) is 2.12. The van der Waals surface area contributed by atoms with Gasteiger partial charge in [-0.05, 0) is 31.9 Å². The summed E-state index contributed by atoms with van der Waals surface area (Å²) in [5, 5.41) is 8.77. The Bertz CT molecular complexity index is 421. The largest absolute Gasteiger partial charge is 0.396 e. The number of carbonyl (C=O) groups excluding carboxylic acids is 2. The summed E-state index contributed by atoms with van der Waals surface area (Å²) >= 11 is 0. The van der Waals surface area contributed by atoms with Crippen molar-refractivity contribution in [3.63, 3.8) is 0 Å². The van der Waals surface area contributed by atoms with E-state index in [0.29, 0.717) is 24.0 Å². The molecule has 0 saturated carbocycles. The minimum atomic E-state index is -0.226. The highest BCUT2D eigenvalue weighted by Crippen LogP contribution is 2.25. The summed E-state index contributed by atoms with van der Waals surface area (Å²) in [6.07, 6.45) is 1.22. The molecule has 0 spiro atoms. The molecule has 90 valence electrons. The van der Waals surface area contributed by atoms with E-state index in [1.807, 2.05) is 6.92 Å². The zero-order chi connectivity index (χ0) is 12.4. The second-order valence-corrected chi connectivity index (χ2v) is 4.24. The summed E-state index contributed by atoms with van der Waals surface area (Å²) < 4.78 is 0. The van der Waals surface area contributed by atoms with Crippen molar-refractivity contribution < 1.29 is 14.7 Å². The molecule has 4 nitrogen and oxygen atoms in total. The Morgan fingerprint density at radius 1 is 1.18 bits per heavy atom. The molecule has 17 heavy (non-hydrogen) atoms. The number of hydrogen-bond acceptors (Lipinski definition) is 3. The number of hydrogen-bond donors (Lipinski definition) is 1. The Morgan fingerprint density at radius 3 is 2.18 bits per heavy atom. The molecule has 0 aromatic heterocycles. The van der Waals surface area contributed by atoms with Crippen molar-refractivity contribution in [3.8, 4) is 0 Å². The van der Waals surface area contributed by atoms with E-state index in [1.165, 1.54) is 4.90 Å². The lowest BCUT2D eigenvalue weighted by molar-refractivity contribution is 0.0584. The van der Waals surface area contributed by atoms with Crippen LogP contribution in [0.2, 0.25) is 0 Å². The number of aliphatic hydroxyl groups excluding tert-OH is 1. The molecule has 0 aliphatic carbocycles. The zero-order valence-electron chi connectivity index (χ0n) is 9.72. The average molecular weight is 233 g/mol. The zero-order valence-corrected chi connectivity index (χ0v) is 9.72. The lowest BCUT2D eigenvalue weighted by Crippen LogP contribution is -2.38. The number of nitrogens with zero attached hydrogens (tertiary/aromatic N) is 1. The summed E-state index contributed by atoms with van der Waals surface area (Å²) in [6.45, 7) is 1.91. The lowest BCUT2D eigenvalue weighted by Gasteiger charge is -2.21. The second kappa shape index (κ2) is 4.67. The molecule has 1 N–H and O–H groups in total. The van der Waals surface area contributed by atoms with Gasteiger partial charge < -0.3 is 5.11 Å². The van der Waals surface area contributed by atoms with Crippen LogP contribution in [-0.2, 0) is 0 Å². The van der Waals surface area contributed by atoms with E-state index in [9.17, 15) is 9.59 Å². The normalized spacial score (nSPS) is 16.2. The minimum absolute atomic E-state index is 0.0769. The maximum absolute atomic E-state index is 12.1. The van der Waals surface area contributed by atoms with Gasteiger partial charge in [0.2, 0.25) is 0 Å². The maximum Gasteiger partial charge on any atom is 0.261 e. The van der Waals surface area contributed by atoms with E-state index < -0.39 is 0 Å². The monoisotopic (exact) mass is 233 g/mol. The SMILES string of the molecule is CC(CCCO)N1C(=O)c2ccccc2C1=O. The standard InChI is InChI=1S/C13H15NO3/c1-9(5-4-8-15)14-12(16)10-6-2-3-7-11(10)13(14)17/h2-3,6-7,9,15H,4-5,8H2,1H3. The molecule has 2 rings (SSSR count). The molecule has 0 fully saturated rings. The molecule has 1 aliphatic heterocycles. The first-order valence-electron chi connectivity index (χ1n) is 5.74. The van der Waals surface area contributed by atoms with Crippen LogP contribution in [0, 0.1) is 0 Å². The Balaban J connectivity index is 2.24. The third kappa shape index (κ3) is 1.96. The Kier molecular flexibility index (Phi) is 3.24. The molecule has 1 unspecified atom stereocenters. The fourth-order valence-electron chi connectivity index (χ4n) is 2.12. The van der Waals surface area contributed by atoms with Crippen LogP contribution < -0.4 is 0 Å². The molecule has 0 bridgehead atoms. The van der Waals surface area contributed by atoms with Crippen molar-refractivity contribution in [2.75, 3.05) is 6.61 Å². The van der Waals surface area contributed by atoms with Crippen LogP contribution in [0.4, 0.5) is 0 Å². The molecule has 1 atom stereocenters. The van der Waals surface area contributed by atoms with Gasteiger partial charge in [0.25, 0.3) is 11.8 Å². The summed E-state index contributed by atoms with van der Waals surface area (Å²) in [4.78, 5) is 25.4. The third-order valence-electron chi connectivity index (χ3n) is 3.05. The minimum Gasteiger partial charge on any atom is -0.396 e. The number of amides is 2. The van der Waals surface area contributed by atoms with Crippen LogP contribution in [0.15, 0.2) is 24.3 Å². The third-order valence-corrected chi connectivity index (χ3v) is 3.05. The fraction of sp³-hybridized carbons (Fsp3) is 0.385. The summed E-state index contributed by atoms with van der Waals surface area (Å²) in [7, 11) is 0. The van der Waals surface area contributed by atoms with Gasteiger partial charge in [-0.3, -0.25) is 14.5 Å². The Morgan fingerprint density at radius 2 is 1.71 bits per heavy atom. The van der Waals surface area contributed by atoms with Crippen molar-refractivity contribution in [1.29, 1.82) is 0 Å². The van der Waals surface area contributed by atoms with Gasteiger partial charge in [-0.15, -0.1) is 0 Å². The smallest absolute Gasteiger partial charge is 0.261 e. The lowest BCUT2D eigenvalue weighted by atomic mass is 10.1. The average Bonchev–Trinajstić information content (AvgIpc) is 2.60. The summed E-state index contributed by atoms with van der Waals surface area (Å²) in [5.41, 5.74) is 0.960. The van der Waals surface area contributed by atoms with Crippen LogP contribution >= 0.6 is 0 Å². The molecular weight excluding hydrogens is 218 g/mol. The molecule has 1 aliphatic rings.